The molecule has 1 atom stereocenters. The van der Waals surface area contributed by atoms with Gasteiger partial charge in [0.25, 0.3) is 5.91 Å². The molecule has 2 aromatic rings. The number of aromatic nitrogens is 4. The molecular formula is C11H14N6O2. The van der Waals surface area contributed by atoms with Crippen molar-refractivity contribution in [3.63, 3.8) is 0 Å². The number of nitrogens with two attached hydrogens (primary N) is 1. The number of amides is 1. The summed E-state index contributed by atoms with van der Waals surface area (Å²) >= 11 is 0. The second-order valence-corrected chi connectivity index (χ2v) is 3.92. The Morgan fingerprint density at radius 1 is 1.53 bits per heavy atom. The Kier molecular flexibility index (Phi) is 3.60. The van der Waals surface area contributed by atoms with Crippen LogP contribution in [0, 0.1) is 0 Å². The predicted octanol–water partition coefficient (Wildman–Crippen LogP) is 0.281. The number of tetrazole rings is 1. The topological polar surface area (TPSA) is 119 Å². The fraction of sp³-hybridized carbons (Fsp3) is 0.273. The molecule has 0 aliphatic heterocycles. The van der Waals surface area contributed by atoms with Crippen LogP contribution in [-0.2, 0) is 0 Å². The van der Waals surface area contributed by atoms with Gasteiger partial charge in [0.05, 0.1) is 18.8 Å². The van der Waals surface area contributed by atoms with Crippen molar-refractivity contribution in [2.75, 3.05) is 12.8 Å². The van der Waals surface area contributed by atoms with Crippen LogP contribution in [0.2, 0.25) is 0 Å². The lowest BCUT2D eigenvalue weighted by Gasteiger charge is -2.11. The normalized spacial score (nSPS) is 11.9. The Hall–Kier alpha value is -2.64. The third kappa shape index (κ3) is 2.79. The Bertz CT molecular complexity index is 569. The second-order valence-electron chi connectivity index (χ2n) is 3.92. The molecule has 0 saturated carbocycles. The molecule has 1 unspecified atom stereocenters. The fourth-order valence-corrected chi connectivity index (χ4v) is 1.57. The second kappa shape index (κ2) is 5.34. The number of nitrogens with zero attached hydrogens (tertiary/aromatic N) is 3. The van der Waals surface area contributed by atoms with Crippen molar-refractivity contribution in [3.05, 3.63) is 29.6 Å². The SMILES string of the molecule is COc1ccc(C(=O)NC(C)c2nn[nH]n2)cc1N. The number of carbonyl (C=O) groups is 1. The summed E-state index contributed by atoms with van der Waals surface area (Å²) in [5, 5.41) is 16.1. The Labute approximate surface area is 109 Å². The average Bonchev–Trinajstić information content (AvgIpc) is 2.92. The quantitative estimate of drug-likeness (QED) is 0.681. The van der Waals surface area contributed by atoms with Crippen molar-refractivity contribution < 1.29 is 9.53 Å². The molecule has 0 aliphatic rings. The number of rotatable bonds is 4. The predicted molar refractivity (Wildman–Crippen MR) is 67.5 cm³/mol. The summed E-state index contributed by atoms with van der Waals surface area (Å²) in [7, 11) is 1.52. The molecule has 4 N–H and O–H groups in total. The molecule has 8 nitrogen and oxygen atoms in total. The van der Waals surface area contributed by atoms with E-state index < -0.39 is 0 Å². The first kappa shape index (κ1) is 12.8. The van der Waals surface area contributed by atoms with Gasteiger partial charge in [-0.25, -0.2) is 0 Å². The van der Waals surface area contributed by atoms with E-state index >= 15 is 0 Å². The smallest absolute Gasteiger partial charge is 0.251 e. The maximum atomic E-state index is 12.0. The molecule has 0 bridgehead atoms. The van der Waals surface area contributed by atoms with Gasteiger partial charge in [-0.3, -0.25) is 4.79 Å². The molecule has 1 aromatic heterocycles. The maximum Gasteiger partial charge on any atom is 0.251 e. The first-order chi connectivity index (χ1) is 9.11. The van der Waals surface area contributed by atoms with Crippen LogP contribution < -0.4 is 15.8 Å². The Balaban J connectivity index is 2.10. The minimum absolute atomic E-state index is 0.272. The summed E-state index contributed by atoms with van der Waals surface area (Å²) in [5.74, 6) is 0.671. The number of anilines is 1. The van der Waals surface area contributed by atoms with Gasteiger partial charge in [0, 0.05) is 5.56 Å². The van der Waals surface area contributed by atoms with Crippen LogP contribution >= 0.6 is 0 Å². The van der Waals surface area contributed by atoms with Crippen LogP contribution in [0.3, 0.4) is 0 Å². The molecule has 0 aliphatic carbocycles. The monoisotopic (exact) mass is 262 g/mol. The highest BCUT2D eigenvalue weighted by Crippen LogP contribution is 2.22. The number of ether oxygens (including phenoxy) is 1. The van der Waals surface area contributed by atoms with E-state index in [1.165, 1.54) is 7.11 Å². The van der Waals surface area contributed by atoms with E-state index in [0.717, 1.165) is 0 Å². The van der Waals surface area contributed by atoms with Gasteiger partial charge in [-0.2, -0.15) is 5.21 Å². The molecule has 1 amide bonds. The van der Waals surface area contributed by atoms with Gasteiger partial charge in [-0.15, -0.1) is 10.2 Å². The van der Waals surface area contributed by atoms with Gasteiger partial charge >= 0.3 is 0 Å². The fourth-order valence-electron chi connectivity index (χ4n) is 1.57. The standard InChI is InChI=1S/C11H14N6O2/c1-6(10-14-16-17-15-10)13-11(18)7-3-4-9(19-2)8(12)5-7/h3-6H,12H2,1-2H3,(H,13,18)(H,14,15,16,17). The first-order valence-electron chi connectivity index (χ1n) is 5.59. The van der Waals surface area contributed by atoms with Crippen LogP contribution in [-0.4, -0.2) is 33.6 Å². The van der Waals surface area contributed by atoms with Crippen molar-refractivity contribution >= 4 is 11.6 Å². The lowest BCUT2D eigenvalue weighted by atomic mass is 10.1. The van der Waals surface area contributed by atoms with E-state index in [-0.39, 0.29) is 11.9 Å². The maximum absolute atomic E-state index is 12.0. The summed E-state index contributed by atoms with van der Waals surface area (Å²) in [6, 6.07) is 4.47. The summed E-state index contributed by atoms with van der Waals surface area (Å²) < 4.78 is 5.03. The zero-order chi connectivity index (χ0) is 13.8. The molecule has 8 heteroatoms. The lowest BCUT2D eigenvalue weighted by molar-refractivity contribution is 0.0938. The molecular weight excluding hydrogens is 248 g/mol. The summed E-state index contributed by atoms with van der Waals surface area (Å²) in [5.41, 5.74) is 6.59. The van der Waals surface area contributed by atoms with Gasteiger partial charge in [0.15, 0.2) is 5.82 Å². The highest BCUT2D eigenvalue weighted by Gasteiger charge is 2.15. The molecule has 100 valence electrons. The van der Waals surface area contributed by atoms with Gasteiger partial charge in [-0.05, 0) is 25.1 Å². The third-order valence-corrected chi connectivity index (χ3v) is 2.59. The molecule has 0 radical (unpaired) electrons. The molecule has 1 heterocycles. The van der Waals surface area contributed by atoms with Crippen molar-refractivity contribution in [3.8, 4) is 5.75 Å². The minimum Gasteiger partial charge on any atom is -0.495 e. The van der Waals surface area contributed by atoms with Crippen LogP contribution in [0.25, 0.3) is 0 Å². The van der Waals surface area contributed by atoms with Gasteiger partial charge in [0.2, 0.25) is 0 Å². The molecule has 0 fully saturated rings. The number of methoxy groups -OCH3 is 1. The Morgan fingerprint density at radius 3 is 2.89 bits per heavy atom. The lowest BCUT2D eigenvalue weighted by Crippen LogP contribution is -2.27. The molecule has 2 rings (SSSR count). The van der Waals surface area contributed by atoms with E-state index in [2.05, 4.69) is 25.9 Å². The van der Waals surface area contributed by atoms with E-state index in [4.69, 9.17) is 10.5 Å². The molecule has 19 heavy (non-hydrogen) atoms. The van der Waals surface area contributed by atoms with Crippen molar-refractivity contribution in [2.24, 2.45) is 0 Å². The number of hydrogen-bond donors (Lipinski definition) is 3. The minimum atomic E-state index is -0.352. The van der Waals surface area contributed by atoms with Crippen LogP contribution in [0.1, 0.15) is 29.1 Å². The number of nitrogen functional groups attached to an aromatic ring is 1. The average molecular weight is 262 g/mol. The van der Waals surface area contributed by atoms with E-state index in [9.17, 15) is 4.79 Å². The summed E-state index contributed by atoms with van der Waals surface area (Å²) in [4.78, 5) is 12.0. The number of H-pyrrole nitrogens is 1. The molecule has 1 aromatic carbocycles. The van der Waals surface area contributed by atoms with Gasteiger partial charge in [0.1, 0.15) is 5.75 Å². The molecule has 0 spiro atoms. The first-order valence-corrected chi connectivity index (χ1v) is 5.59. The van der Waals surface area contributed by atoms with E-state index in [1.54, 1.807) is 25.1 Å². The van der Waals surface area contributed by atoms with Gasteiger partial charge in [-0.1, -0.05) is 5.21 Å². The van der Waals surface area contributed by atoms with Gasteiger partial charge < -0.3 is 15.8 Å². The summed E-state index contributed by atoms with van der Waals surface area (Å²) in [6.45, 7) is 1.76. The number of carbonyl (C=O) groups excluding carboxylic acids is 1. The zero-order valence-corrected chi connectivity index (χ0v) is 10.5. The van der Waals surface area contributed by atoms with E-state index in [0.29, 0.717) is 22.8 Å². The van der Waals surface area contributed by atoms with Crippen molar-refractivity contribution in [1.82, 2.24) is 25.9 Å². The number of hydrogen-bond acceptors (Lipinski definition) is 6. The number of aromatic amines is 1. The Morgan fingerprint density at radius 2 is 2.32 bits per heavy atom. The largest absolute Gasteiger partial charge is 0.495 e. The van der Waals surface area contributed by atoms with Crippen LogP contribution in [0.4, 0.5) is 5.69 Å². The number of benzene rings is 1. The summed E-state index contributed by atoms with van der Waals surface area (Å²) in [6.07, 6.45) is 0. The van der Waals surface area contributed by atoms with Crippen molar-refractivity contribution in [1.29, 1.82) is 0 Å². The zero-order valence-electron chi connectivity index (χ0n) is 10.5. The highest BCUT2D eigenvalue weighted by molar-refractivity contribution is 5.95. The highest BCUT2D eigenvalue weighted by atomic mass is 16.5. The van der Waals surface area contributed by atoms with Crippen LogP contribution in [0.5, 0.6) is 5.75 Å². The van der Waals surface area contributed by atoms with E-state index in [1.807, 2.05) is 0 Å². The van der Waals surface area contributed by atoms with Crippen LogP contribution in [0.15, 0.2) is 18.2 Å². The number of nitrogens with one attached hydrogen (secondary N) is 2. The van der Waals surface area contributed by atoms with Crippen molar-refractivity contribution in [2.45, 2.75) is 13.0 Å². The molecule has 0 saturated heterocycles. The third-order valence-electron chi connectivity index (χ3n) is 2.59.